The smallest absolute Gasteiger partial charge is 0.262 e. The van der Waals surface area contributed by atoms with Gasteiger partial charge in [-0.2, -0.15) is 0 Å². The molecule has 0 fully saturated rings. The van der Waals surface area contributed by atoms with Gasteiger partial charge in [0.1, 0.15) is 5.75 Å². The fraction of sp³-hybridized carbons (Fsp3) is 0.167. The van der Waals surface area contributed by atoms with Gasteiger partial charge in [-0.1, -0.05) is 48.5 Å². The first-order valence-electron chi connectivity index (χ1n) is 9.43. The predicted molar refractivity (Wildman–Crippen MR) is 114 cm³/mol. The molecule has 0 heterocycles. The van der Waals surface area contributed by atoms with Crippen LogP contribution in [0.25, 0.3) is 0 Å². The summed E-state index contributed by atoms with van der Waals surface area (Å²) < 4.78 is 5.59. The Balaban J connectivity index is 1.60. The molecule has 0 saturated heterocycles. The average molecular weight is 388 g/mol. The summed E-state index contributed by atoms with van der Waals surface area (Å²) in [5.74, 6) is 0.0685. The summed E-state index contributed by atoms with van der Waals surface area (Å²) in [7, 11) is 0. The van der Waals surface area contributed by atoms with Gasteiger partial charge in [-0.05, 0) is 54.8 Å². The van der Waals surface area contributed by atoms with Crippen molar-refractivity contribution < 1.29 is 14.3 Å². The summed E-state index contributed by atoms with van der Waals surface area (Å²) in [6.45, 7) is 4.23. The number of benzene rings is 3. The lowest BCUT2D eigenvalue weighted by Gasteiger charge is -2.12. The molecule has 3 rings (SSSR count). The number of carbonyl (C=O) groups is 2. The van der Waals surface area contributed by atoms with Crippen LogP contribution in [0.3, 0.4) is 0 Å². The zero-order valence-corrected chi connectivity index (χ0v) is 16.6. The summed E-state index contributed by atoms with van der Waals surface area (Å²) in [5, 5.41) is 5.64. The van der Waals surface area contributed by atoms with E-state index >= 15 is 0 Å². The number of ether oxygens (including phenoxy) is 1. The molecule has 0 spiro atoms. The first kappa shape index (κ1) is 20.1. The maximum absolute atomic E-state index is 12.6. The van der Waals surface area contributed by atoms with Crippen LogP contribution >= 0.6 is 0 Å². The second-order valence-electron chi connectivity index (χ2n) is 6.87. The van der Waals surface area contributed by atoms with Crippen LogP contribution in [0.15, 0.2) is 72.8 Å². The zero-order chi connectivity index (χ0) is 20.6. The number of carbonyl (C=O) groups excluding carboxylic acids is 2. The third-order valence-electron chi connectivity index (χ3n) is 4.31. The predicted octanol–water partition coefficient (Wildman–Crippen LogP) is 4.25. The maximum atomic E-state index is 12.6. The molecule has 0 bridgehead atoms. The molecule has 0 unspecified atom stereocenters. The van der Waals surface area contributed by atoms with Gasteiger partial charge < -0.3 is 15.4 Å². The fourth-order valence-corrected chi connectivity index (χ4v) is 3.01. The van der Waals surface area contributed by atoms with Crippen molar-refractivity contribution in [3.63, 3.8) is 0 Å². The Morgan fingerprint density at radius 3 is 2.24 bits per heavy atom. The minimum atomic E-state index is -0.326. The van der Waals surface area contributed by atoms with Gasteiger partial charge in [0.25, 0.3) is 11.8 Å². The number of amides is 2. The van der Waals surface area contributed by atoms with Crippen LogP contribution in [-0.4, -0.2) is 18.4 Å². The highest BCUT2D eigenvalue weighted by Crippen LogP contribution is 2.17. The second kappa shape index (κ2) is 9.55. The summed E-state index contributed by atoms with van der Waals surface area (Å²) in [4.78, 5) is 24.9. The van der Waals surface area contributed by atoms with Crippen LogP contribution in [0.4, 0.5) is 5.69 Å². The quantitative estimate of drug-likeness (QED) is 0.636. The van der Waals surface area contributed by atoms with Crippen LogP contribution in [0.5, 0.6) is 5.75 Å². The van der Waals surface area contributed by atoms with Crippen LogP contribution in [0, 0.1) is 13.8 Å². The van der Waals surface area contributed by atoms with Crippen LogP contribution < -0.4 is 15.4 Å². The lowest BCUT2D eigenvalue weighted by molar-refractivity contribution is -0.118. The molecule has 5 nitrogen and oxygen atoms in total. The number of hydrogen-bond donors (Lipinski definition) is 2. The first-order valence-corrected chi connectivity index (χ1v) is 9.43. The molecular weight excluding hydrogens is 364 g/mol. The molecule has 0 aliphatic heterocycles. The Hall–Kier alpha value is -3.60. The van der Waals surface area contributed by atoms with E-state index in [4.69, 9.17) is 4.74 Å². The summed E-state index contributed by atoms with van der Waals surface area (Å²) in [6.07, 6.45) is 0. The topological polar surface area (TPSA) is 67.4 Å². The highest BCUT2D eigenvalue weighted by Gasteiger charge is 2.13. The van der Waals surface area contributed by atoms with Crippen molar-refractivity contribution >= 4 is 17.5 Å². The minimum Gasteiger partial charge on any atom is -0.484 e. The van der Waals surface area contributed by atoms with E-state index in [0.717, 1.165) is 16.7 Å². The van der Waals surface area contributed by atoms with E-state index < -0.39 is 0 Å². The number of hydrogen-bond acceptors (Lipinski definition) is 3. The molecule has 148 valence electrons. The standard InChI is InChI=1S/C24H24N2O3/c1-17-12-18(2)14-20(13-17)29-16-23(27)26-22-11-7-6-10-21(22)24(28)25-15-19-8-4-3-5-9-19/h3-14H,15-16H2,1-2H3,(H,25,28)(H,26,27). The largest absolute Gasteiger partial charge is 0.484 e. The summed E-state index contributed by atoms with van der Waals surface area (Å²) >= 11 is 0. The van der Waals surface area contributed by atoms with Crippen molar-refractivity contribution in [3.05, 3.63) is 95.1 Å². The number of aryl methyl sites for hydroxylation is 2. The van der Waals surface area contributed by atoms with Crippen LogP contribution in [0.1, 0.15) is 27.0 Å². The zero-order valence-electron chi connectivity index (χ0n) is 16.6. The molecule has 0 aromatic heterocycles. The van der Waals surface area contributed by atoms with Gasteiger partial charge >= 0.3 is 0 Å². The van der Waals surface area contributed by atoms with Crippen molar-refractivity contribution in [2.75, 3.05) is 11.9 Å². The molecule has 2 N–H and O–H groups in total. The molecule has 0 radical (unpaired) electrons. The minimum absolute atomic E-state index is 0.136. The SMILES string of the molecule is Cc1cc(C)cc(OCC(=O)Nc2ccccc2C(=O)NCc2ccccc2)c1. The molecule has 0 saturated carbocycles. The fourth-order valence-electron chi connectivity index (χ4n) is 3.01. The molecule has 0 aliphatic rings. The van der Waals surface area contributed by atoms with E-state index in [0.29, 0.717) is 23.5 Å². The Labute approximate surface area is 170 Å². The van der Waals surface area contributed by atoms with Crippen LogP contribution in [0.2, 0.25) is 0 Å². The lowest BCUT2D eigenvalue weighted by atomic mass is 10.1. The second-order valence-corrected chi connectivity index (χ2v) is 6.87. The highest BCUT2D eigenvalue weighted by molar-refractivity contribution is 6.04. The molecule has 5 heteroatoms. The average Bonchev–Trinajstić information content (AvgIpc) is 2.71. The van der Waals surface area contributed by atoms with Gasteiger partial charge in [-0.3, -0.25) is 9.59 Å². The molecule has 3 aromatic rings. The lowest BCUT2D eigenvalue weighted by Crippen LogP contribution is -2.26. The molecule has 29 heavy (non-hydrogen) atoms. The maximum Gasteiger partial charge on any atom is 0.262 e. The van der Waals surface area contributed by atoms with E-state index in [1.165, 1.54) is 0 Å². The Kier molecular flexibility index (Phi) is 6.63. The van der Waals surface area contributed by atoms with Gasteiger partial charge in [0, 0.05) is 6.54 Å². The number of nitrogens with one attached hydrogen (secondary N) is 2. The van der Waals surface area contributed by atoms with Crippen molar-refractivity contribution in [3.8, 4) is 5.75 Å². The number of rotatable bonds is 7. The third kappa shape index (κ3) is 5.94. The van der Waals surface area contributed by atoms with Crippen molar-refractivity contribution in [2.24, 2.45) is 0 Å². The van der Waals surface area contributed by atoms with Gasteiger partial charge in [0.15, 0.2) is 6.61 Å². The van der Waals surface area contributed by atoms with Crippen molar-refractivity contribution in [2.45, 2.75) is 20.4 Å². The van der Waals surface area contributed by atoms with Gasteiger partial charge in [-0.15, -0.1) is 0 Å². The number of anilines is 1. The molecule has 3 aromatic carbocycles. The molecular formula is C24H24N2O3. The van der Waals surface area contributed by atoms with Crippen LogP contribution in [-0.2, 0) is 11.3 Å². The van der Waals surface area contributed by atoms with E-state index in [-0.39, 0.29) is 18.4 Å². The highest BCUT2D eigenvalue weighted by atomic mass is 16.5. The Bertz CT molecular complexity index is 980. The normalized spacial score (nSPS) is 10.3. The van der Waals surface area contributed by atoms with Gasteiger partial charge in [-0.25, -0.2) is 0 Å². The molecule has 0 atom stereocenters. The van der Waals surface area contributed by atoms with Crippen molar-refractivity contribution in [1.82, 2.24) is 5.32 Å². The van der Waals surface area contributed by atoms with Gasteiger partial charge in [0.2, 0.25) is 0 Å². The summed E-state index contributed by atoms with van der Waals surface area (Å²) in [6, 6.07) is 22.4. The van der Waals surface area contributed by atoms with Gasteiger partial charge in [0.05, 0.1) is 11.3 Å². The van der Waals surface area contributed by atoms with E-state index in [1.54, 1.807) is 24.3 Å². The number of para-hydroxylation sites is 1. The summed E-state index contributed by atoms with van der Waals surface area (Å²) in [5.41, 5.74) is 4.00. The van der Waals surface area contributed by atoms with Crippen molar-refractivity contribution in [1.29, 1.82) is 0 Å². The van der Waals surface area contributed by atoms with E-state index in [1.807, 2.05) is 62.4 Å². The van der Waals surface area contributed by atoms with E-state index in [2.05, 4.69) is 10.6 Å². The van der Waals surface area contributed by atoms with E-state index in [9.17, 15) is 9.59 Å². The Morgan fingerprint density at radius 2 is 1.52 bits per heavy atom. The molecule has 0 aliphatic carbocycles. The third-order valence-corrected chi connectivity index (χ3v) is 4.31. The first-order chi connectivity index (χ1) is 14.0. The monoisotopic (exact) mass is 388 g/mol. The molecule has 2 amide bonds. The Morgan fingerprint density at radius 1 is 0.862 bits per heavy atom.